The molecule has 2 heteroatoms. The minimum atomic E-state index is -1.63. The Balaban J connectivity index is 1.54. The molecule has 0 saturated carbocycles. The molecule has 6 aromatic rings. The minimum Gasteiger partial charge on any atom is -0.376 e. The van der Waals surface area contributed by atoms with Crippen LogP contribution >= 0.6 is 0 Å². The molecule has 0 radical (unpaired) electrons. The van der Waals surface area contributed by atoms with Crippen LogP contribution in [0.2, 0.25) is 0 Å². The number of ketones is 1. The van der Waals surface area contributed by atoms with Crippen LogP contribution in [0.4, 0.5) is 0 Å². The molecule has 1 unspecified atom stereocenters. The van der Waals surface area contributed by atoms with E-state index in [0.29, 0.717) is 16.7 Å². The highest BCUT2D eigenvalue weighted by Gasteiger charge is 2.47. The van der Waals surface area contributed by atoms with Gasteiger partial charge in [0.15, 0.2) is 5.78 Å². The first-order valence-corrected chi connectivity index (χ1v) is 14.9. The summed E-state index contributed by atoms with van der Waals surface area (Å²) in [5, 5.41) is 13.6. The van der Waals surface area contributed by atoms with Gasteiger partial charge in [-0.3, -0.25) is 4.79 Å². The highest BCUT2D eigenvalue weighted by atomic mass is 16.3. The van der Waals surface area contributed by atoms with E-state index in [1.54, 1.807) is 0 Å². The first-order chi connectivity index (χ1) is 21.6. The van der Waals surface area contributed by atoms with Gasteiger partial charge in [0.25, 0.3) is 0 Å². The SMILES string of the molecule is O=C1C2=Cc3ccccc3C(O)(c3c(-c4ccccc4)cc(-c4ccccc4)cc3-c3ccccc3)C2=Cc2ccccc21. The van der Waals surface area contributed by atoms with Crippen molar-refractivity contribution in [3.63, 3.8) is 0 Å². The Labute approximate surface area is 256 Å². The number of fused-ring (bicyclic) bond motifs is 3. The van der Waals surface area contributed by atoms with E-state index in [-0.39, 0.29) is 5.78 Å². The van der Waals surface area contributed by atoms with Crippen molar-refractivity contribution in [1.82, 2.24) is 0 Å². The van der Waals surface area contributed by atoms with Gasteiger partial charge in [-0.1, -0.05) is 140 Å². The van der Waals surface area contributed by atoms with Crippen LogP contribution in [0.3, 0.4) is 0 Å². The van der Waals surface area contributed by atoms with Crippen LogP contribution in [0.25, 0.3) is 45.5 Å². The zero-order valence-electron chi connectivity index (χ0n) is 23.9. The molecule has 2 nitrogen and oxygen atoms in total. The third-order valence-electron chi connectivity index (χ3n) is 8.86. The van der Waals surface area contributed by atoms with E-state index >= 15 is 0 Å². The summed E-state index contributed by atoms with van der Waals surface area (Å²) in [5.41, 5.74) is 9.24. The fourth-order valence-corrected chi connectivity index (χ4v) is 6.82. The fourth-order valence-electron chi connectivity index (χ4n) is 6.82. The highest BCUT2D eigenvalue weighted by Crippen LogP contribution is 2.54. The van der Waals surface area contributed by atoms with Gasteiger partial charge in [0, 0.05) is 22.3 Å². The number of aliphatic hydroxyl groups is 1. The summed E-state index contributed by atoms with van der Waals surface area (Å²) in [6.45, 7) is 0. The second kappa shape index (κ2) is 10.3. The Kier molecular flexibility index (Phi) is 6.11. The molecule has 208 valence electrons. The average molecular weight is 565 g/mol. The Morgan fingerprint density at radius 3 is 1.57 bits per heavy atom. The van der Waals surface area contributed by atoms with E-state index in [0.717, 1.165) is 55.6 Å². The van der Waals surface area contributed by atoms with Crippen LogP contribution in [0.1, 0.15) is 32.6 Å². The lowest BCUT2D eigenvalue weighted by Gasteiger charge is -2.41. The quantitative estimate of drug-likeness (QED) is 0.231. The summed E-state index contributed by atoms with van der Waals surface area (Å²) in [6.07, 6.45) is 3.95. The number of Topliss-reactive ketones (excluding diaryl/α,β-unsaturated/α-hetero) is 1. The third kappa shape index (κ3) is 4.04. The van der Waals surface area contributed by atoms with Gasteiger partial charge in [-0.05, 0) is 74.4 Å². The monoisotopic (exact) mass is 564 g/mol. The molecule has 0 amide bonds. The summed E-state index contributed by atoms with van der Waals surface area (Å²) >= 11 is 0. The van der Waals surface area contributed by atoms with Crippen molar-refractivity contribution < 1.29 is 9.90 Å². The molecule has 1 N–H and O–H groups in total. The van der Waals surface area contributed by atoms with Crippen LogP contribution in [-0.4, -0.2) is 10.9 Å². The average Bonchev–Trinajstić information content (AvgIpc) is 3.10. The Morgan fingerprint density at radius 2 is 0.955 bits per heavy atom. The molecule has 8 rings (SSSR count). The number of hydrogen-bond donors (Lipinski definition) is 1. The molecule has 0 aromatic heterocycles. The number of carbonyl (C=O) groups excluding carboxylic acids is 1. The van der Waals surface area contributed by atoms with Crippen molar-refractivity contribution in [2.75, 3.05) is 0 Å². The van der Waals surface area contributed by atoms with E-state index < -0.39 is 5.60 Å². The maximum atomic E-state index is 14.1. The van der Waals surface area contributed by atoms with Crippen molar-refractivity contribution in [1.29, 1.82) is 0 Å². The van der Waals surface area contributed by atoms with E-state index in [1.165, 1.54) is 0 Å². The van der Waals surface area contributed by atoms with E-state index in [4.69, 9.17) is 0 Å². The molecule has 6 aromatic carbocycles. The number of benzene rings is 6. The van der Waals surface area contributed by atoms with Crippen LogP contribution in [0.15, 0.2) is 163 Å². The Morgan fingerprint density at radius 1 is 0.455 bits per heavy atom. The predicted molar refractivity (Wildman–Crippen MR) is 179 cm³/mol. The maximum Gasteiger partial charge on any atom is 0.194 e. The zero-order chi connectivity index (χ0) is 29.7. The predicted octanol–water partition coefficient (Wildman–Crippen LogP) is 9.60. The highest BCUT2D eigenvalue weighted by molar-refractivity contribution is 6.20. The lowest BCUT2D eigenvalue weighted by atomic mass is 9.65. The largest absolute Gasteiger partial charge is 0.376 e. The maximum absolute atomic E-state index is 14.1. The number of carbonyl (C=O) groups is 1. The number of rotatable bonds is 4. The van der Waals surface area contributed by atoms with Gasteiger partial charge in [-0.25, -0.2) is 0 Å². The van der Waals surface area contributed by atoms with Crippen LogP contribution in [-0.2, 0) is 5.60 Å². The normalized spacial score (nSPS) is 16.7. The van der Waals surface area contributed by atoms with Gasteiger partial charge >= 0.3 is 0 Å². The second-order valence-electron chi connectivity index (χ2n) is 11.4. The van der Waals surface area contributed by atoms with Crippen LogP contribution in [0, 0.1) is 0 Å². The molecule has 2 aliphatic rings. The lowest BCUT2D eigenvalue weighted by molar-refractivity contribution is 0.0991. The summed E-state index contributed by atoms with van der Waals surface area (Å²) in [5.74, 6) is -0.0746. The minimum absolute atomic E-state index is 0.0746. The van der Waals surface area contributed by atoms with Crippen LogP contribution < -0.4 is 0 Å². The van der Waals surface area contributed by atoms with Gasteiger partial charge in [-0.15, -0.1) is 0 Å². The standard InChI is InChI=1S/C42H28O2/c43-41-34-22-12-10-20-31(34)27-39-37(41)24-32-21-11-13-23-38(32)42(39,44)40-35(29-16-6-2-7-17-29)25-33(28-14-4-1-5-15-28)26-36(40)30-18-8-3-9-19-30/h1-27,44H. The first-order valence-electron chi connectivity index (χ1n) is 14.9. The van der Waals surface area contributed by atoms with Gasteiger partial charge in [-0.2, -0.15) is 0 Å². The van der Waals surface area contributed by atoms with Gasteiger partial charge in [0.1, 0.15) is 5.60 Å². The molecular formula is C42H28O2. The number of hydrogen-bond acceptors (Lipinski definition) is 2. The molecule has 0 heterocycles. The van der Waals surface area contributed by atoms with E-state index in [1.807, 2.05) is 115 Å². The molecule has 0 aliphatic heterocycles. The summed E-state index contributed by atoms with van der Waals surface area (Å²) in [4.78, 5) is 14.1. The first kappa shape index (κ1) is 26.1. The third-order valence-corrected chi connectivity index (χ3v) is 8.86. The molecule has 0 fully saturated rings. The molecule has 2 aliphatic carbocycles. The van der Waals surface area contributed by atoms with Crippen molar-refractivity contribution in [3.05, 3.63) is 191 Å². The smallest absolute Gasteiger partial charge is 0.194 e. The van der Waals surface area contributed by atoms with Crippen LogP contribution in [0.5, 0.6) is 0 Å². The zero-order valence-corrected chi connectivity index (χ0v) is 23.9. The second-order valence-corrected chi connectivity index (χ2v) is 11.4. The molecule has 0 spiro atoms. The molecule has 1 atom stereocenters. The van der Waals surface area contributed by atoms with Crippen molar-refractivity contribution in [2.24, 2.45) is 0 Å². The lowest BCUT2D eigenvalue weighted by Crippen LogP contribution is -2.37. The topological polar surface area (TPSA) is 37.3 Å². The summed E-state index contributed by atoms with van der Waals surface area (Å²) in [7, 11) is 0. The van der Waals surface area contributed by atoms with Crippen molar-refractivity contribution >= 4 is 17.9 Å². The van der Waals surface area contributed by atoms with Crippen molar-refractivity contribution in [2.45, 2.75) is 5.60 Å². The van der Waals surface area contributed by atoms with E-state index in [9.17, 15) is 9.90 Å². The van der Waals surface area contributed by atoms with Gasteiger partial charge in [0.2, 0.25) is 0 Å². The Hall–Kier alpha value is -5.57. The fraction of sp³-hybridized carbons (Fsp3) is 0.0238. The van der Waals surface area contributed by atoms with Crippen molar-refractivity contribution in [3.8, 4) is 33.4 Å². The molecule has 0 bridgehead atoms. The van der Waals surface area contributed by atoms with E-state index in [2.05, 4.69) is 48.5 Å². The molecule has 0 saturated heterocycles. The Bertz CT molecular complexity index is 2060. The summed E-state index contributed by atoms with van der Waals surface area (Å²) in [6, 6.07) is 50.7. The van der Waals surface area contributed by atoms with Gasteiger partial charge < -0.3 is 5.11 Å². The summed E-state index contributed by atoms with van der Waals surface area (Å²) < 4.78 is 0. The van der Waals surface area contributed by atoms with Gasteiger partial charge in [0.05, 0.1) is 0 Å². The molecule has 44 heavy (non-hydrogen) atoms. The molecular weight excluding hydrogens is 536 g/mol.